The van der Waals surface area contributed by atoms with E-state index >= 15 is 0 Å². The van der Waals surface area contributed by atoms with Crippen molar-refractivity contribution < 1.29 is 9.53 Å². The molecule has 0 bridgehead atoms. The molecule has 176 valence electrons. The van der Waals surface area contributed by atoms with Crippen molar-refractivity contribution in [2.24, 2.45) is 0 Å². The number of aryl methyl sites for hydroxylation is 2. The van der Waals surface area contributed by atoms with E-state index in [0.29, 0.717) is 6.61 Å². The molecule has 0 saturated heterocycles. The lowest BCUT2D eigenvalue weighted by molar-refractivity contribution is -0.113. The van der Waals surface area contributed by atoms with Gasteiger partial charge < -0.3 is 14.6 Å². The van der Waals surface area contributed by atoms with E-state index in [1.165, 1.54) is 17.3 Å². The van der Waals surface area contributed by atoms with Gasteiger partial charge in [0.25, 0.3) is 0 Å². The first-order chi connectivity index (χ1) is 15.7. The number of carbonyl (C=O) groups excluding carboxylic acids is 1. The highest BCUT2D eigenvalue weighted by molar-refractivity contribution is 7.99. The van der Waals surface area contributed by atoms with Gasteiger partial charge in [0.2, 0.25) is 5.91 Å². The fourth-order valence-corrected chi connectivity index (χ4v) is 4.38. The molecule has 0 fully saturated rings. The van der Waals surface area contributed by atoms with Crippen molar-refractivity contribution in [3.8, 4) is 11.4 Å². The zero-order valence-electron chi connectivity index (χ0n) is 20.4. The van der Waals surface area contributed by atoms with Gasteiger partial charge in [-0.15, -0.1) is 10.2 Å². The van der Waals surface area contributed by atoms with Crippen LogP contribution in [0.5, 0.6) is 0 Å². The molecule has 7 heteroatoms. The van der Waals surface area contributed by atoms with Crippen LogP contribution in [0.15, 0.2) is 47.6 Å². The average molecular weight is 467 g/mol. The zero-order valence-corrected chi connectivity index (χ0v) is 21.3. The zero-order chi connectivity index (χ0) is 24.0. The molecule has 0 spiro atoms. The number of rotatable bonds is 9. The molecule has 3 rings (SSSR count). The van der Waals surface area contributed by atoms with E-state index in [9.17, 15) is 4.79 Å². The van der Waals surface area contributed by atoms with Crippen LogP contribution in [-0.2, 0) is 21.5 Å². The Balaban J connectivity index is 1.77. The number of carbonyl (C=O) groups is 1. The van der Waals surface area contributed by atoms with Gasteiger partial charge in [-0.25, -0.2) is 0 Å². The van der Waals surface area contributed by atoms with Crippen molar-refractivity contribution in [3.05, 3.63) is 59.2 Å². The van der Waals surface area contributed by atoms with Gasteiger partial charge in [-0.3, -0.25) is 4.79 Å². The summed E-state index contributed by atoms with van der Waals surface area (Å²) in [6.45, 7) is 12.0. The van der Waals surface area contributed by atoms with Crippen LogP contribution in [0.25, 0.3) is 11.4 Å². The van der Waals surface area contributed by atoms with Gasteiger partial charge >= 0.3 is 0 Å². The summed E-state index contributed by atoms with van der Waals surface area (Å²) >= 11 is 1.40. The molecule has 0 unspecified atom stereocenters. The minimum atomic E-state index is -0.0556. The highest BCUT2D eigenvalue weighted by Crippen LogP contribution is 2.28. The van der Waals surface area contributed by atoms with Crippen LogP contribution < -0.4 is 5.32 Å². The summed E-state index contributed by atoms with van der Waals surface area (Å²) in [6, 6.07) is 14.5. The maximum absolute atomic E-state index is 12.7. The summed E-state index contributed by atoms with van der Waals surface area (Å²) in [5.41, 5.74) is 5.36. The molecule has 2 aromatic carbocycles. The Morgan fingerprint density at radius 2 is 1.73 bits per heavy atom. The van der Waals surface area contributed by atoms with Crippen molar-refractivity contribution >= 4 is 23.4 Å². The summed E-state index contributed by atoms with van der Waals surface area (Å²) in [5.74, 6) is 1.02. The number of nitrogens with one attached hydrogen (secondary N) is 1. The summed E-state index contributed by atoms with van der Waals surface area (Å²) in [7, 11) is 1.70. The van der Waals surface area contributed by atoms with Gasteiger partial charge in [0.05, 0.1) is 5.75 Å². The number of aromatic nitrogens is 3. The predicted octanol–water partition coefficient (Wildman–Crippen LogP) is 5.63. The third-order valence-electron chi connectivity index (χ3n) is 5.53. The molecule has 1 N–H and O–H groups in total. The summed E-state index contributed by atoms with van der Waals surface area (Å²) in [4.78, 5) is 12.7. The van der Waals surface area contributed by atoms with Crippen molar-refractivity contribution in [1.29, 1.82) is 0 Å². The standard InChI is InChI=1S/C26H34N4O2S/c1-18-9-7-10-19(2)23(18)27-22(31)17-33-25-29-28-24(30(25)15-8-16-32-6)20-11-13-21(14-12-20)26(3,4)5/h7,9-14H,8,15-17H2,1-6H3,(H,27,31). The summed E-state index contributed by atoms with van der Waals surface area (Å²) in [5, 5.41) is 12.7. The third kappa shape index (κ3) is 6.45. The minimum Gasteiger partial charge on any atom is -0.385 e. The second-order valence-electron chi connectivity index (χ2n) is 9.24. The number of para-hydroxylation sites is 1. The van der Waals surface area contributed by atoms with Crippen LogP contribution in [0.2, 0.25) is 0 Å². The maximum Gasteiger partial charge on any atom is 0.234 e. The normalized spacial score (nSPS) is 11.6. The molecule has 1 amide bonds. The molecular weight excluding hydrogens is 432 g/mol. The molecule has 3 aromatic rings. The number of nitrogens with zero attached hydrogens (tertiary/aromatic N) is 3. The second-order valence-corrected chi connectivity index (χ2v) is 10.2. The first kappa shape index (κ1) is 25.0. The van der Waals surface area contributed by atoms with Crippen LogP contribution in [-0.4, -0.2) is 40.1 Å². The van der Waals surface area contributed by atoms with Crippen molar-refractivity contribution in [2.45, 2.75) is 58.2 Å². The van der Waals surface area contributed by atoms with E-state index in [2.05, 4.69) is 65.1 Å². The summed E-state index contributed by atoms with van der Waals surface area (Å²) in [6.07, 6.45) is 0.837. The molecule has 1 aromatic heterocycles. The van der Waals surface area contributed by atoms with E-state index in [-0.39, 0.29) is 17.1 Å². The Kier molecular flexibility index (Phi) is 8.32. The number of ether oxygens (including phenoxy) is 1. The molecular formula is C26H34N4O2S. The molecule has 0 aliphatic heterocycles. The fourth-order valence-electron chi connectivity index (χ4n) is 3.61. The lowest BCUT2D eigenvalue weighted by Crippen LogP contribution is -2.16. The lowest BCUT2D eigenvalue weighted by Gasteiger charge is -2.19. The largest absolute Gasteiger partial charge is 0.385 e. The van der Waals surface area contributed by atoms with Gasteiger partial charge in [-0.2, -0.15) is 0 Å². The van der Waals surface area contributed by atoms with Crippen LogP contribution in [0.1, 0.15) is 43.9 Å². The quantitative estimate of drug-likeness (QED) is 0.327. The van der Waals surface area contributed by atoms with E-state index in [1.807, 2.05) is 32.0 Å². The lowest BCUT2D eigenvalue weighted by atomic mass is 9.87. The number of thioether (sulfide) groups is 1. The van der Waals surface area contributed by atoms with Gasteiger partial charge in [0, 0.05) is 31.5 Å². The van der Waals surface area contributed by atoms with E-state index in [1.54, 1.807) is 7.11 Å². The molecule has 0 aliphatic carbocycles. The molecule has 0 radical (unpaired) electrons. The SMILES string of the molecule is COCCCn1c(SCC(=O)Nc2c(C)cccc2C)nnc1-c1ccc(C(C)(C)C)cc1. The second kappa shape index (κ2) is 11.0. The van der Waals surface area contributed by atoms with Gasteiger partial charge in [-0.05, 0) is 42.4 Å². The van der Waals surface area contributed by atoms with Gasteiger partial charge in [0.15, 0.2) is 11.0 Å². The smallest absolute Gasteiger partial charge is 0.234 e. The minimum absolute atomic E-state index is 0.0556. The number of benzene rings is 2. The topological polar surface area (TPSA) is 69.0 Å². The Morgan fingerprint density at radius 3 is 2.33 bits per heavy atom. The molecule has 33 heavy (non-hydrogen) atoms. The van der Waals surface area contributed by atoms with Crippen molar-refractivity contribution in [1.82, 2.24) is 14.8 Å². The first-order valence-corrected chi connectivity index (χ1v) is 12.2. The number of hydrogen-bond acceptors (Lipinski definition) is 5. The van der Waals surface area contributed by atoms with Gasteiger partial charge in [0.1, 0.15) is 0 Å². The van der Waals surface area contributed by atoms with E-state index in [4.69, 9.17) is 4.74 Å². The van der Waals surface area contributed by atoms with Gasteiger partial charge in [-0.1, -0.05) is 75.0 Å². The van der Waals surface area contributed by atoms with E-state index < -0.39 is 0 Å². The number of anilines is 1. The van der Waals surface area contributed by atoms with E-state index in [0.717, 1.165) is 46.3 Å². The number of methoxy groups -OCH3 is 1. The Hall–Kier alpha value is -2.64. The van der Waals surface area contributed by atoms with Crippen LogP contribution in [0.4, 0.5) is 5.69 Å². The maximum atomic E-state index is 12.7. The Bertz CT molecular complexity index is 1060. The molecule has 0 aliphatic rings. The van der Waals surface area contributed by atoms with Crippen molar-refractivity contribution in [3.63, 3.8) is 0 Å². The average Bonchev–Trinajstić information content (AvgIpc) is 3.17. The first-order valence-electron chi connectivity index (χ1n) is 11.2. The monoisotopic (exact) mass is 466 g/mol. The Morgan fingerprint density at radius 1 is 1.06 bits per heavy atom. The van der Waals surface area contributed by atoms with Crippen LogP contribution in [0.3, 0.4) is 0 Å². The third-order valence-corrected chi connectivity index (χ3v) is 6.50. The highest BCUT2D eigenvalue weighted by Gasteiger charge is 2.18. The summed E-state index contributed by atoms with van der Waals surface area (Å²) < 4.78 is 7.33. The van der Waals surface area contributed by atoms with Crippen LogP contribution >= 0.6 is 11.8 Å². The number of amides is 1. The molecule has 1 heterocycles. The Labute approximate surface area is 201 Å². The fraction of sp³-hybridized carbons (Fsp3) is 0.423. The predicted molar refractivity (Wildman–Crippen MR) is 136 cm³/mol. The highest BCUT2D eigenvalue weighted by atomic mass is 32.2. The van der Waals surface area contributed by atoms with Crippen molar-refractivity contribution in [2.75, 3.05) is 24.8 Å². The molecule has 0 saturated carbocycles. The molecule has 0 atom stereocenters. The number of hydrogen-bond donors (Lipinski definition) is 1. The van der Waals surface area contributed by atoms with Crippen LogP contribution in [0, 0.1) is 13.8 Å². The molecule has 6 nitrogen and oxygen atoms in total.